The number of hydrogen-bond donors (Lipinski definition) is 1. The Balaban J connectivity index is 2.04. The number of para-hydroxylation sites is 1. The van der Waals surface area contributed by atoms with Crippen molar-refractivity contribution < 1.29 is 18.0 Å². The van der Waals surface area contributed by atoms with E-state index >= 15 is 0 Å². The highest BCUT2D eigenvalue weighted by Gasteiger charge is 2.33. The van der Waals surface area contributed by atoms with E-state index in [1.165, 1.54) is 21.3 Å². The SMILES string of the molecule is CCc1ccccc1N(CC(=O)N(Cc1ccc(C)cc1)[C@@H](C)C(=O)N[C@@H](C)CC)S(=O)(=O)c1ccccc1. The second-order valence-corrected chi connectivity index (χ2v) is 11.7. The van der Waals surface area contributed by atoms with E-state index in [0.29, 0.717) is 12.1 Å². The van der Waals surface area contributed by atoms with Gasteiger partial charge in [-0.05, 0) is 62.9 Å². The van der Waals surface area contributed by atoms with Crippen LogP contribution in [0.1, 0.15) is 50.8 Å². The maximum atomic E-state index is 14.0. The molecule has 0 fully saturated rings. The molecule has 208 valence electrons. The van der Waals surface area contributed by atoms with Gasteiger partial charge in [0.05, 0.1) is 10.6 Å². The number of nitrogens with one attached hydrogen (secondary N) is 1. The molecule has 0 radical (unpaired) electrons. The lowest BCUT2D eigenvalue weighted by molar-refractivity contribution is -0.139. The molecule has 7 nitrogen and oxygen atoms in total. The molecule has 0 saturated carbocycles. The molecule has 3 aromatic carbocycles. The van der Waals surface area contributed by atoms with Gasteiger partial charge >= 0.3 is 0 Å². The van der Waals surface area contributed by atoms with Crippen molar-refractivity contribution in [3.8, 4) is 0 Å². The number of rotatable bonds is 12. The number of sulfonamides is 1. The van der Waals surface area contributed by atoms with E-state index in [-0.39, 0.29) is 23.4 Å². The lowest BCUT2D eigenvalue weighted by atomic mass is 10.1. The maximum Gasteiger partial charge on any atom is 0.264 e. The van der Waals surface area contributed by atoms with E-state index in [4.69, 9.17) is 0 Å². The molecule has 3 aromatic rings. The Labute approximate surface area is 232 Å². The van der Waals surface area contributed by atoms with Crippen LogP contribution in [0.4, 0.5) is 5.69 Å². The van der Waals surface area contributed by atoms with Crippen molar-refractivity contribution in [2.45, 2.75) is 71.0 Å². The normalized spacial score (nSPS) is 12.8. The fraction of sp³-hybridized carbons (Fsp3) is 0.355. The zero-order chi connectivity index (χ0) is 28.6. The summed E-state index contributed by atoms with van der Waals surface area (Å²) in [4.78, 5) is 28.7. The van der Waals surface area contributed by atoms with Gasteiger partial charge in [-0.1, -0.05) is 80.1 Å². The van der Waals surface area contributed by atoms with Crippen LogP contribution in [0.15, 0.2) is 83.8 Å². The molecule has 2 amide bonds. The average molecular weight is 550 g/mol. The van der Waals surface area contributed by atoms with E-state index in [0.717, 1.165) is 23.1 Å². The first-order valence-corrected chi connectivity index (χ1v) is 14.8. The van der Waals surface area contributed by atoms with Crippen LogP contribution in [0.25, 0.3) is 0 Å². The molecule has 0 aliphatic rings. The lowest BCUT2D eigenvalue weighted by Gasteiger charge is -2.33. The molecule has 0 aromatic heterocycles. The molecule has 0 spiro atoms. The smallest absolute Gasteiger partial charge is 0.264 e. The number of anilines is 1. The lowest BCUT2D eigenvalue weighted by Crippen LogP contribution is -2.52. The molecule has 0 heterocycles. The van der Waals surface area contributed by atoms with E-state index in [1.807, 2.05) is 64.1 Å². The summed E-state index contributed by atoms with van der Waals surface area (Å²) in [6.07, 6.45) is 1.34. The van der Waals surface area contributed by atoms with Gasteiger partial charge in [0.1, 0.15) is 12.6 Å². The summed E-state index contributed by atoms with van der Waals surface area (Å²) in [6.45, 7) is 9.21. The predicted octanol–water partition coefficient (Wildman–Crippen LogP) is 5.08. The fourth-order valence-corrected chi connectivity index (χ4v) is 5.70. The highest BCUT2D eigenvalue weighted by Crippen LogP contribution is 2.28. The summed E-state index contributed by atoms with van der Waals surface area (Å²) in [5, 5.41) is 2.95. The van der Waals surface area contributed by atoms with Crippen LogP contribution in [0.2, 0.25) is 0 Å². The molecule has 8 heteroatoms. The van der Waals surface area contributed by atoms with E-state index in [9.17, 15) is 18.0 Å². The first-order valence-electron chi connectivity index (χ1n) is 13.4. The second kappa shape index (κ2) is 13.4. The van der Waals surface area contributed by atoms with Crippen LogP contribution in [-0.2, 0) is 32.6 Å². The first kappa shape index (κ1) is 29.9. The van der Waals surface area contributed by atoms with Gasteiger partial charge in [-0.2, -0.15) is 0 Å². The number of benzene rings is 3. The third-order valence-electron chi connectivity index (χ3n) is 6.89. The minimum absolute atomic E-state index is 0.0531. The Morgan fingerprint density at radius 3 is 2.10 bits per heavy atom. The maximum absolute atomic E-state index is 14.0. The monoisotopic (exact) mass is 549 g/mol. The van der Waals surface area contributed by atoms with Crippen molar-refractivity contribution in [3.63, 3.8) is 0 Å². The third-order valence-corrected chi connectivity index (χ3v) is 8.67. The third kappa shape index (κ3) is 7.47. The van der Waals surface area contributed by atoms with Crippen molar-refractivity contribution in [3.05, 3.63) is 95.6 Å². The molecule has 0 aliphatic heterocycles. The number of carbonyl (C=O) groups excluding carboxylic acids is 2. The van der Waals surface area contributed by atoms with E-state index in [2.05, 4.69) is 5.32 Å². The summed E-state index contributed by atoms with van der Waals surface area (Å²) < 4.78 is 29.0. The van der Waals surface area contributed by atoms with Gasteiger partial charge in [0.15, 0.2) is 0 Å². The molecule has 0 unspecified atom stereocenters. The van der Waals surface area contributed by atoms with Gasteiger partial charge in [0.2, 0.25) is 11.8 Å². The first-order chi connectivity index (χ1) is 18.6. The van der Waals surface area contributed by atoms with Crippen LogP contribution in [-0.4, -0.2) is 43.8 Å². The summed E-state index contributed by atoms with van der Waals surface area (Å²) in [5.74, 6) is -0.746. The summed E-state index contributed by atoms with van der Waals surface area (Å²) in [5.41, 5.74) is 3.18. The number of nitrogens with zero attached hydrogens (tertiary/aromatic N) is 2. The molecule has 39 heavy (non-hydrogen) atoms. The Morgan fingerprint density at radius 1 is 0.872 bits per heavy atom. The molecule has 3 rings (SSSR count). The van der Waals surface area contributed by atoms with Crippen LogP contribution in [0, 0.1) is 6.92 Å². The van der Waals surface area contributed by atoms with Crippen LogP contribution < -0.4 is 9.62 Å². The molecule has 1 N–H and O–H groups in total. The van der Waals surface area contributed by atoms with Crippen molar-refractivity contribution in [2.24, 2.45) is 0 Å². The summed E-state index contributed by atoms with van der Waals surface area (Å²) >= 11 is 0. The minimum Gasteiger partial charge on any atom is -0.352 e. The van der Waals surface area contributed by atoms with Gasteiger partial charge < -0.3 is 10.2 Å². The highest BCUT2D eigenvalue weighted by molar-refractivity contribution is 7.92. The molecule has 2 atom stereocenters. The van der Waals surface area contributed by atoms with Crippen molar-refractivity contribution in [1.82, 2.24) is 10.2 Å². The van der Waals surface area contributed by atoms with Crippen LogP contribution in [0.3, 0.4) is 0 Å². The average Bonchev–Trinajstić information content (AvgIpc) is 2.95. The molecular weight excluding hydrogens is 510 g/mol. The van der Waals surface area contributed by atoms with E-state index < -0.39 is 28.5 Å². The van der Waals surface area contributed by atoms with Crippen molar-refractivity contribution in [1.29, 1.82) is 0 Å². The number of aryl methyl sites for hydroxylation is 2. The molecule has 0 bridgehead atoms. The standard InChI is InChI=1S/C31H39N3O4S/c1-6-24(4)32-31(36)25(5)33(21-26-19-17-23(3)18-20-26)30(35)22-34(29-16-12-11-13-27(29)7-2)39(37,38)28-14-9-8-10-15-28/h8-20,24-25H,6-7,21-22H2,1-5H3,(H,32,36)/t24-,25-/m0/s1. The van der Waals surface area contributed by atoms with Crippen LogP contribution in [0.5, 0.6) is 0 Å². The van der Waals surface area contributed by atoms with Gasteiger partial charge in [-0.3, -0.25) is 13.9 Å². The van der Waals surface area contributed by atoms with Gasteiger partial charge in [0.25, 0.3) is 10.0 Å². The minimum atomic E-state index is -4.08. The topological polar surface area (TPSA) is 86.8 Å². The summed E-state index contributed by atoms with van der Waals surface area (Å²) in [6, 6.07) is 22.2. The summed E-state index contributed by atoms with van der Waals surface area (Å²) in [7, 11) is -4.08. The number of hydrogen-bond acceptors (Lipinski definition) is 4. The van der Waals surface area contributed by atoms with Gasteiger partial charge in [0, 0.05) is 12.6 Å². The van der Waals surface area contributed by atoms with Crippen molar-refractivity contribution >= 4 is 27.5 Å². The predicted molar refractivity (Wildman–Crippen MR) is 156 cm³/mol. The molecule has 0 aliphatic carbocycles. The molecular formula is C31H39N3O4S. The van der Waals surface area contributed by atoms with Crippen LogP contribution >= 0.6 is 0 Å². The van der Waals surface area contributed by atoms with Crippen molar-refractivity contribution in [2.75, 3.05) is 10.8 Å². The Bertz CT molecular complexity index is 1360. The largest absolute Gasteiger partial charge is 0.352 e. The van der Waals surface area contributed by atoms with E-state index in [1.54, 1.807) is 37.3 Å². The zero-order valence-corrected chi connectivity index (χ0v) is 24.2. The Kier molecular flexibility index (Phi) is 10.3. The second-order valence-electron chi connectivity index (χ2n) is 9.81. The Morgan fingerprint density at radius 2 is 1.49 bits per heavy atom. The number of amides is 2. The number of carbonyl (C=O) groups is 2. The zero-order valence-electron chi connectivity index (χ0n) is 23.4. The van der Waals surface area contributed by atoms with Gasteiger partial charge in [-0.25, -0.2) is 8.42 Å². The fourth-order valence-electron chi connectivity index (χ4n) is 4.22. The quantitative estimate of drug-likeness (QED) is 0.341. The highest BCUT2D eigenvalue weighted by atomic mass is 32.2. The van der Waals surface area contributed by atoms with Gasteiger partial charge in [-0.15, -0.1) is 0 Å². The Hall–Kier alpha value is -3.65. The molecule has 0 saturated heterocycles.